The molecule has 1 aromatic carbocycles. The Hall–Kier alpha value is -2.63. The summed E-state index contributed by atoms with van der Waals surface area (Å²) < 4.78 is 0. The summed E-state index contributed by atoms with van der Waals surface area (Å²) in [6.07, 6.45) is 2.05. The highest BCUT2D eigenvalue weighted by molar-refractivity contribution is 6.03. The molecule has 0 saturated carbocycles. The van der Waals surface area contributed by atoms with Crippen LogP contribution in [0.1, 0.15) is 18.9 Å². The summed E-state index contributed by atoms with van der Waals surface area (Å²) >= 11 is 0. The van der Waals surface area contributed by atoms with Crippen LogP contribution in [0.25, 0.3) is 0 Å². The topological polar surface area (TPSA) is 95.5 Å². The number of hydrogen-bond donors (Lipinski definition) is 3. The number of carbonyl (C=O) groups is 3. The second-order valence-electron chi connectivity index (χ2n) is 4.09. The standard InChI is InChI=1S/C14H16N2O4/c1-3-12(17)15-10-5-4-9(2)11(8-10)16-13(18)6-7-14(19)20/h4-8H,3H2,1-2H3,(H,15,17)(H,16,18)(H,19,20)/b7-6+. The number of carbonyl (C=O) groups excluding carboxylic acids is 2. The molecule has 1 aromatic rings. The SMILES string of the molecule is CCC(=O)Nc1ccc(C)c(NC(=O)/C=C/C(=O)O)c1. The lowest BCUT2D eigenvalue weighted by Crippen LogP contribution is -2.12. The predicted molar refractivity (Wildman–Crippen MR) is 75.5 cm³/mol. The number of nitrogens with one attached hydrogen (secondary N) is 2. The summed E-state index contributed by atoms with van der Waals surface area (Å²) in [5.41, 5.74) is 1.88. The van der Waals surface area contributed by atoms with Crippen LogP contribution in [-0.2, 0) is 14.4 Å². The summed E-state index contributed by atoms with van der Waals surface area (Å²) in [5.74, 6) is -1.87. The van der Waals surface area contributed by atoms with Gasteiger partial charge in [-0.1, -0.05) is 13.0 Å². The maximum atomic E-state index is 11.5. The van der Waals surface area contributed by atoms with Gasteiger partial charge in [-0.05, 0) is 24.6 Å². The van der Waals surface area contributed by atoms with Crippen molar-refractivity contribution in [3.8, 4) is 0 Å². The number of hydrogen-bond acceptors (Lipinski definition) is 3. The molecule has 20 heavy (non-hydrogen) atoms. The summed E-state index contributed by atoms with van der Waals surface area (Å²) in [6.45, 7) is 3.53. The molecule has 0 bridgehead atoms. The Kier molecular flexibility index (Phi) is 5.46. The molecule has 0 saturated heterocycles. The van der Waals surface area contributed by atoms with E-state index in [0.717, 1.165) is 17.7 Å². The highest BCUT2D eigenvalue weighted by Crippen LogP contribution is 2.20. The van der Waals surface area contributed by atoms with E-state index < -0.39 is 11.9 Å². The van der Waals surface area contributed by atoms with Gasteiger partial charge in [-0.25, -0.2) is 4.79 Å². The number of aliphatic carboxylic acids is 1. The maximum Gasteiger partial charge on any atom is 0.328 e. The molecule has 0 heterocycles. The maximum absolute atomic E-state index is 11.5. The third-order valence-electron chi connectivity index (χ3n) is 2.48. The zero-order valence-corrected chi connectivity index (χ0v) is 11.3. The second-order valence-corrected chi connectivity index (χ2v) is 4.09. The number of carboxylic acids is 1. The molecular formula is C14H16N2O4. The smallest absolute Gasteiger partial charge is 0.328 e. The summed E-state index contributed by atoms with van der Waals surface area (Å²) in [6, 6.07) is 5.10. The molecule has 0 aromatic heterocycles. The molecule has 3 N–H and O–H groups in total. The number of amides is 2. The Morgan fingerprint density at radius 1 is 1.20 bits per heavy atom. The Balaban J connectivity index is 2.83. The number of carboxylic acid groups (broad SMARTS) is 1. The first-order chi connectivity index (χ1) is 9.42. The lowest BCUT2D eigenvalue weighted by molar-refractivity contribution is -0.131. The Morgan fingerprint density at radius 2 is 1.90 bits per heavy atom. The van der Waals surface area contributed by atoms with E-state index in [1.165, 1.54) is 0 Å². The van der Waals surface area contributed by atoms with Crippen LogP contribution in [-0.4, -0.2) is 22.9 Å². The highest BCUT2D eigenvalue weighted by Gasteiger charge is 2.05. The fourth-order valence-electron chi connectivity index (χ4n) is 1.41. The number of rotatable bonds is 5. The van der Waals surface area contributed by atoms with E-state index >= 15 is 0 Å². The highest BCUT2D eigenvalue weighted by atomic mass is 16.4. The minimum Gasteiger partial charge on any atom is -0.478 e. The molecule has 0 fully saturated rings. The third-order valence-corrected chi connectivity index (χ3v) is 2.48. The second kappa shape index (κ2) is 7.08. The molecule has 0 aliphatic rings. The zero-order valence-electron chi connectivity index (χ0n) is 11.3. The Morgan fingerprint density at radius 3 is 2.50 bits per heavy atom. The molecule has 0 spiro atoms. The van der Waals surface area contributed by atoms with Crippen molar-refractivity contribution in [3.63, 3.8) is 0 Å². The Bertz CT molecular complexity index is 564. The number of aryl methyl sites for hydroxylation is 1. The average molecular weight is 276 g/mol. The van der Waals surface area contributed by atoms with Crippen molar-refractivity contribution in [2.75, 3.05) is 10.6 Å². The van der Waals surface area contributed by atoms with Gasteiger partial charge in [-0.3, -0.25) is 9.59 Å². The molecule has 1 rings (SSSR count). The van der Waals surface area contributed by atoms with Crippen molar-refractivity contribution in [1.82, 2.24) is 0 Å². The van der Waals surface area contributed by atoms with Crippen LogP contribution in [0, 0.1) is 6.92 Å². The first-order valence-corrected chi connectivity index (χ1v) is 6.05. The summed E-state index contributed by atoms with van der Waals surface area (Å²) in [4.78, 5) is 33.1. The van der Waals surface area contributed by atoms with E-state index in [2.05, 4.69) is 10.6 Å². The first kappa shape index (κ1) is 15.4. The minimum absolute atomic E-state index is 0.128. The van der Waals surface area contributed by atoms with Crippen molar-refractivity contribution in [1.29, 1.82) is 0 Å². The fourth-order valence-corrected chi connectivity index (χ4v) is 1.41. The number of anilines is 2. The van der Waals surface area contributed by atoms with Crippen molar-refractivity contribution in [2.45, 2.75) is 20.3 Å². The predicted octanol–water partition coefficient (Wildman–Crippen LogP) is 1.92. The van der Waals surface area contributed by atoms with Crippen LogP contribution >= 0.6 is 0 Å². The monoisotopic (exact) mass is 276 g/mol. The van der Waals surface area contributed by atoms with Gasteiger partial charge in [-0.15, -0.1) is 0 Å². The van der Waals surface area contributed by atoms with Crippen LogP contribution in [0.5, 0.6) is 0 Å². The van der Waals surface area contributed by atoms with Gasteiger partial charge in [0.05, 0.1) is 0 Å². The quantitative estimate of drug-likeness (QED) is 0.716. The molecule has 0 atom stereocenters. The van der Waals surface area contributed by atoms with E-state index in [0.29, 0.717) is 17.8 Å². The molecule has 0 radical (unpaired) electrons. The van der Waals surface area contributed by atoms with E-state index in [-0.39, 0.29) is 5.91 Å². The van der Waals surface area contributed by atoms with Crippen LogP contribution in [0.15, 0.2) is 30.4 Å². The molecule has 0 unspecified atom stereocenters. The van der Waals surface area contributed by atoms with Gasteiger partial charge in [0.2, 0.25) is 11.8 Å². The van der Waals surface area contributed by atoms with Crippen LogP contribution < -0.4 is 10.6 Å². The van der Waals surface area contributed by atoms with E-state index in [1.807, 2.05) is 0 Å². The largest absolute Gasteiger partial charge is 0.478 e. The van der Waals surface area contributed by atoms with Gasteiger partial charge in [0.1, 0.15) is 0 Å². The van der Waals surface area contributed by atoms with E-state index in [4.69, 9.17) is 5.11 Å². The summed E-state index contributed by atoms with van der Waals surface area (Å²) in [5, 5.41) is 13.7. The lowest BCUT2D eigenvalue weighted by atomic mass is 10.1. The van der Waals surface area contributed by atoms with Crippen LogP contribution in [0.3, 0.4) is 0 Å². The van der Waals surface area contributed by atoms with Gasteiger partial charge in [0.15, 0.2) is 0 Å². The van der Waals surface area contributed by atoms with Crippen LogP contribution in [0.4, 0.5) is 11.4 Å². The molecule has 6 nitrogen and oxygen atoms in total. The van der Waals surface area contributed by atoms with Gasteiger partial charge >= 0.3 is 5.97 Å². The fraction of sp³-hybridized carbons (Fsp3) is 0.214. The Labute approximate surface area is 116 Å². The van der Waals surface area contributed by atoms with Crippen molar-refractivity contribution >= 4 is 29.2 Å². The molecule has 0 aliphatic heterocycles. The molecule has 2 amide bonds. The van der Waals surface area contributed by atoms with E-state index in [9.17, 15) is 14.4 Å². The van der Waals surface area contributed by atoms with Crippen molar-refractivity contribution in [2.24, 2.45) is 0 Å². The lowest BCUT2D eigenvalue weighted by Gasteiger charge is -2.10. The molecular weight excluding hydrogens is 260 g/mol. The zero-order chi connectivity index (χ0) is 15.1. The average Bonchev–Trinajstić information content (AvgIpc) is 2.40. The van der Waals surface area contributed by atoms with Gasteiger partial charge in [0.25, 0.3) is 0 Å². The summed E-state index contributed by atoms with van der Waals surface area (Å²) in [7, 11) is 0. The van der Waals surface area contributed by atoms with Crippen molar-refractivity contribution in [3.05, 3.63) is 35.9 Å². The van der Waals surface area contributed by atoms with Gasteiger partial charge in [0, 0.05) is 29.9 Å². The molecule has 106 valence electrons. The molecule has 6 heteroatoms. The molecule has 0 aliphatic carbocycles. The third kappa shape index (κ3) is 4.93. The normalized spacial score (nSPS) is 10.3. The van der Waals surface area contributed by atoms with Crippen LogP contribution in [0.2, 0.25) is 0 Å². The van der Waals surface area contributed by atoms with Gasteiger partial charge in [-0.2, -0.15) is 0 Å². The van der Waals surface area contributed by atoms with Crippen molar-refractivity contribution < 1.29 is 19.5 Å². The van der Waals surface area contributed by atoms with Gasteiger partial charge < -0.3 is 15.7 Å². The van der Waals surface area contributed by atoms with E-state index in [1.54, 1.807) is 32.0 Å². The number of benzene rings is 1. The first-order valence-electron chi connectivity index (χ1n) is 6.05. The minimum atomic E-state index is -1.19.